The van der Waals surface area contributed by atoms with Crippen molar-refractivity contribution in [1.82, 2.24) is 5.32 Å². The van der Waals surface area contributed by atoms with Crippen molar-refractivity contribution < 1.29 is 0 Å². The molecular weight excluding hydrogens is 146 g/mol. The molecule has 1 aliphatic carbocycles. The smallest absolute Gasteiger partial charge is 0.0124 e. The van der Waals surface area contributed by atoms with Gasteiger partial charge in [-0.1, -0.05) is 32.4 Å². The third kappa shape index (κ3) is 1.89. The van der Waals surface area contributed by atoms with Crippen molar-refractivity contribution in [3.8, 4) is 0 Å². The SMILES string of the molecule is C=C1CC(C)C(NC)C(CC)C1. The molecule has 3 unspecified atom stereocenters. The summed E-state index contributed by atoms with van der Waals surface area (Å²) >= 11 is 0. The topological polar surface area (TPSA) is 12.0 Å². The van der Waals surface area contributed by atoms with Crippen LogP contribution >= 0.6 is 0 Å². The summed E-state index contributed by atoms with van der Waals surface area (Å²) in [5, 5.41) is 3.43. The van der Waals surface area contributed by atoms with E-state index < -0.39 is 0 Å². The predicted molar refractivity (Wildman–Crippen MR) is 54.2 cm³/mol. The molecule has 0 saturated heterocycles. The van der Waals surface area contributed by atoms with Crippen molar-refractivity contribution in [3.05, 3.63) is 12.2 Å². The van der Waals surface area contributed by atoms with E-state index in [4.69, 9.17) is 0 Å². The van der Waals surface area contributed by atoms with E-state index in [9.17, 15) is 0 Å². The molecule has 0 aromatic heterocycles. The largest absolute Gasteiger partial charge is 0.316 e. The fourth-order valence-corrected chi connectivity index (χ4v) is 2.55. The van der Waals surface area contributed by atoms with Gasteiger partial charge in [0, 0.05) is 6.04 Å². The molecule has 1 fully saturated rings. The van der Waals surface area contributed by atoms with Crippen LogP contribution < -0.4 is 5.32 Å². The fourth-order valence-electron chi connectivity index (χ4n) is 2.55. The number of allylic oxidation sites excluding steroid dienone is 1. The lowest BCUT2D eigenvalue weighted by atomic mass is 9.74. The van der Waals surface area contributed by atoms with Crippen molar-refractivity contribution in [2.24, 2.45) is 11.8 Å². The zero-order chi connectivity index (χ0) is 9.14. The van der Waals surface area contributed by atoms with Gasteiger partial charge in [-0.3, -0.25) is 0 Å². The molecule has 1 saturated carbocycles. The van der Waals surface area contributed by atoms with Gasteiger partial charge in [-0.05, 0) is 31.7 Å². The van der Waals surface area contributed by atoms with Crippen LogP contribution in [-0.4, -0.2) is 13.1 Å². The molecule has 70 valence electrons. The van der Waals surface area contributed by atoms with Gasteiger partial charge in [-0.25, -0.2) is 0 Å². The Kier molecular flexibility index (Phi) is 3.33. The maximum atomic E-state index is 4.10. The molecule has 0 amide bonds. The molecule has 0 aromatic rings. The van der Waals surface area contributed by atoms with Gasteiger partial charge in [0.05, 0.1) is 0 Å². The third-order valence-corrected chi connectivity index (χ3v) is 3.14. The van der Waals surface area contributed by atoms with Crippen LogP contribution in [0.1, 0.15) is 33.1 Å². The summed E-state index contributed by atoms with van der Waals surface area (Å²) in [5.41, 5.74) is 1.45. The van der Waals surface area contributed by atoms with Gasteiger partial charge >= 0.3 is 0 Å². The van der Waals surface area contributed by atoms with Crippen molar-refractivity contribution in [2.45, 2.75) is 39.2 Å². The molecule has 0 spiro atoms. The second kappa shape index (κ2) is 4.08. The molecule has 1 aliphatic rings. The second-order valence-corrected chi connectivity index (χ2v) is 4.12. The van der Waals surface area contributed by atoms with Gasteiger partial charge in [0.25, 0.3) is 0 Å². The van der Waals surface area contributed by atoms with Crippen LogP contribution in [0, 0.1) is 11.8 Å². The molecule has 1 rings (SSSR count). The fraction of sp³-hybridized carbons (Fsp3) is 0.818. The van der Waals surface area contributed by atoms with Crippen LogP contribution in [0.2, 0.25) is 0 Å². The van der Waals surface area contributed by atoms with Gasteiger partial charge in [0.1, 0.15) is 0 Å². The highest BCUT2D eigenvalue weighted by atomic mass is 14.9. The number of nitrogens with one attached hydrogen (secondary N) is 1. The van der Waals surface area contributed by atoms with E-state index in [0.29, 0.717) is 6.04 Å². The monoisotopic (exact) mass is 167 g/mol. The van der Waals surface area contributed by atoms with Crippen molar-refractivity contribution in [2.75, 3.05) is 7.05 Å². The Bertz CT molecular complexity index is 162. The average molecular weight is 167 g/mol. The lowest BCUT2D eigenvalue weighted by Crippen LogP contribution is -2.42. The van der Waals surface area contributed by atoms with E-state index in [1.807, 2.05) is 0 Å². The molecule has 3 atom stereocenters. The first kappa shape index (κ1) is 9.79. The Morgan fingerprint density at radius 2 is 2.17 bits per heavy atom. The molecule has 1 N–H and O–H groups in total. The van der Waals surface area contributed by atoms with Crippen molar-refractivity contribution >= 4 is 0 Å². The van der Waals surface area contributed by atoms with Gasteiger partial charge < -0.3 is 5.32 Å². The van der Waals surface area contributed by atoms with Crippen LogP contribution in [0.3, 0.4) is 0 Å². The Hall–Kier alpha value is -0.300. The first-order chi connectivity index (χ1) is 5.69. The Morgan fingerprint density at radius 1 is 1.50 bits per heavy atom. The molecule has 0 aromatic carbocycles. The Morgan fingerprint density at radius 3 is 2.67 bits per heavy atom. The van der Waals surface area contributed by atoms with Crippen LogP contribution in [0.5, 0.6) is 0 Å². The molecule has 0 bridgehead atoms. The van der Waals surface area contributed by atoms with Crippen molar-refractivity contribution in [3.63, 3.8) is 0 Å². The van der Waals surface area contributed by atoms with Gasteiger partial charge in [-0.2, -0.15) is 0 Å². The Balaban J connectivity index is 2.62. The van der Waals surface area contributed by atoms with Crippen molar-refractivity contribution in [1.29, 1.82) is 0 Å². The van der Waals surface area contributed by atoms with Gasteiger partial charge in [0.15, 0.2) is 0 Å². The quantitative estimate of drug-likeness (QED) is 0.623. The number of rotatable bonds is 2. The van der Waals surface area contributed by atoms with Crippen LogP contribution in [0.15, 0.2) is 12.2 Å². The standard InChI is InChI=1S/C11H21N/c1-5-10-7-8(2)6-9(3)11(10)12-4/h9-12H,2,5-7H2,1,3-4H3. The zero-order valence-electron chi connectivity index (χ0n) is 8.56. The van der Waals surface area contributed by atoms with E-state index in [0.717, 1.165) is 11.8 Å². The zero-order valence-corrected chi connectivity index (χ0v) is 8.56. The Labute approximate surface area is 76.2 Å². The molecule has 1 heteroatoms. The minimum atomic E-state index is 0.709. The summed E-state index contributed by atoms with van der Waals surface area (Å²) in [5.74, 6) is 1.58. The summed E-state index contributed by atoms with van der Waals surface area (Å²) in [6.07, 6.45) is 3.71. The number of hydrogen-bond donors (Lipinski definition) is 1. The average Bonchev–Trinajstić information content (AvgIpc) is 2.03. The van der Waals surface area contributed by atoms with Gasteiger partial charge in [0.2, 0.25) is 0 Å². The second-order valence-electron chi connectivity index (χ2n) is 4.12. The molecule has 0 aliphatic heterocycles. The van der Waals surface area contributed by atoms with Crippen LogP contribution in [0.4, 0.5) is 0 Å². The third-order valence-electron chi connectivity index (χ3n) is 3.14. The maximum Gasteiger partial charge on any atom is 0.0124 e. The molecule has 12 heavy (non-hydrogen) atoms. The minimum absolute atomic E-state index is 0.709. The summed E-state index contributed by atoms with van der Waals surface area (Å²) in [6, 6.07) is 0.709. The maximum absolute atomic E-state index is 4.10. The highest BCUT2D eigenvalue weighted by Crippen LogP contribution is 2.33. The molecule has 1 nitrogen and oxygen atoms in total. The summed E-state index contributed by atoms with van der Waals surface area (Å²) in [4.78, 5) is 0. The van der Waals surface area contributed by atoms with E-state index in [2.05, 4.69) is 32.8 Å². The summed E-state index contributed by atoms with van der Waals surface area (Å²) in [7, 11) is 2.08. The highest BCUT2D eigenvalue weighted by molar-refractivity contribution is 5.05. The van der Waals surface area contributed by atoms with E-state index >= 15 is 0 Å². The van der Waals surface area contributed by atoms with Crippen LogP contribution in [-0.2, 0) is 0 Å². The van der Waals surface area contributed by atoms with Crippen LogP contribution in [0.25, 0.3) is 0 Å². The summed E-state index contributed by atoms with van der Waals surface area (Å²) in [6.45, 7) is 8.71. The van der Waals surface area contributed by atoms with Gasteiger partial charge in [-0.15, -0.1) is 0 Å². The normalized spacial score (nSPS) is 36.9. The summed E-state index contributed by atoms with van der Waals surface area (Å²) < 4.78 is 0. The lowest BCUT2D eigenvalue weighted by Gasteiger charge is -2.37. The molecular formula is C11H21N. The van der Waals surface area contributed by atoms with E-state index in [-0.39, 0.29) is 0 Å². The number of hydrogen-bond acceptors (Lipinski definition) is 1. The predicted octanol–water partition coefficient (Wildman–Crippen LogP) is 2.59. The van der Waals surface area contributed by atoms with E-state index in [1.165, 1.54) is 24.8 Å². The highest BCUT2D eigenvalue weighted by Gasteiger charge is 2.29. The first-order valence-electron chi connectivity index (χ1n) is 5.03. The van der Waals surface area contributed by atoms with E-state index in [1.54, 1.807) is 0 Å². The first-order valence-corrected chi connectivity index (χ1v) is 5.03. The minimum Gasteiger partial charge on any atom is -0.316 e. The lowest BCUT2D eigenvalue weighted by molar-refractivity contribution is 0.238. The molecule has 0 radical (unpaired) electrons. The molecule has 0 heterocycles.